The van der Waals surface area contributed by atoms with Crippen molar-refractivity contribution in [3.63, 3.8) is 0 Å². The SMILES string of the molecule is CC.CC1Cc2ccccc2C1.[W].[W].[W].[W]. The van der Waals surface area contributed by atoms with Gasteiger partial charge < -0.3 is 0 Å². The van der Waals surface area contributed by atoms with E-state index in [2.05, 4.69) is 31.2 Å². The van der Waals surface area contributed by atoms with Crippen molar-refractivity contribution in [1.82, 2.24) is 0 Å². The molecule has 1 aliphatic rings. The second-order valence-corrected chi connectivity index (χ2v) is 3.28. The van der Waals surface area contributed by atoms with Crippen molar-refractivity contribution < 1.29 is 84.3 Å². The topological polar surface area (TPSA) is 0 Å². The van der Waals surface area contributed by atoms with E-state index in [4.69, 9.17) is 0 Å². The second kappa shape index (κ2) is 15.0. The fourth-order valence-electron chi connectivity index (χ4n) is 1.78. The Balaban J connectivity index is -0.000000114. The first-order valence-electron chi connectivity index (χ1n) is 4.93. The van der Waals surface area contributed by atoms with E-state index in [-0.39, 0.29) is 84.3 Å². The van der Waals surface area contributed by atoms with Gasteiger partial charge in [-0.25, -0.2) is 0 Å². The molecule has 0 N–H and O–H groups in total. The largest absolute Gasteiger partial charge is 0.0683 e. The molecule has 1 aliphatic carbocycles. The molecule has 0 aromatic heterocycles. The quantitative estimate of drug-likeness (QED) is 0.375. The van der Waals surface area contributed by atoms with Gasteiger partial charge in [0.05, 0.1) is 0 Å². The van der Waals surface area contributed by atoms with Gasteiger partial charge >= 0.3 is 0 Å². The third kappa shape index (κ3) is 8.14. The number of benzene rings is 1. The van der Waals surface area contributed by atoms with Crippen LogP contribution in [0.3, 0.4) is 0 Å². The molecule has 90 valence electrons. The minimum atomic E-state index is 0. The fourth-order valence-corrected chi connectivity index (χ4v) is 1.78. The van der Waals surface area contributed by atoms with Crippen molar-refractivity contribution in [2.45, 2.75) is 33.6 Å². The molecule has 0 atom stereocenters. The third-order valence-electron chi connectivity index (χ3n) is 2.26. The fraction of sp³-hybridized carbons (Fsp3) is 0.500. The zero-order valence-corrected chi connectivity index (χ0v) is 21.7. The Labute approximate surface area is 157 Å². The van der Waals surface area contributed by atoms with E-state index in [9.17, 15) is 0 Å². The van der Waals surface area contributed by atoms with Crippen LogP contribution in [0.5, 0.6) is 0 Å². The molecular formula is C12H18W4. The summed E-state index contributed by atoms with van der Waals surface area (Å²) in [6, 6.07) is 8.77. The van der Waals surface area contributed by atoms with E-state index >= 15 is 0 Å². The Morgan fingerprint density at radius 2 is 1.12 bits per heavy atom. The molecule has 0 nitrogen and oxygen atoms in total. The second-order valence-electron chi connectivity index (χ2n) is 3.28. The molecule has 0 fully saturated rings. The van der Waals surface area contributed by atoms with Crippen molar-refractivity contribution in [2.75, 3.05) is 0 Å². The summed E-state index contributed by atoms with van der Waals surface area (Å²) < 4.78 is 0. The van der Waals surface area contributed by atoms with E-state index in [1.807, 2.05) is 13.8 Å². The molecule has 0 amide bonds. The minimum absolute atomic E-state index is 0. The number of hydrogen-bond acceptors (Lipinski definition) is 0. The predicted octanol–water partition coefficient (Wildman–Crippen LogP) is 3.44. The smallest absolute Gasteiger partial charge is 0 e. The zero-order valence-electron chi connectivity index (χ0n) is 9.93. The Morgan fingerprint density at radius 1 is 0.812 bits per heavy atom. The van der Waals surface area contributed by atoms with Crippen LogP contribution < -0.4 is 0 Å². The molecular weight excluding hydrogens is 879 g/mol. The Hall–Kier alpha value is 1.97. The molecule has 0 aliphatic heterocycles. The Bertz CT molecular complexity index is 226. The summed E-state index contributed by atoms with van der Waals surface area (Å²) in [5.74, 6) is 0.873. The monoisotopic (exact) mass is 898 g/mol. The molecule has 1 aromatic rings. The zero-order chi connectivity index (χ0) is 8.97. The van der Waals surface area contributed by atoms with Gasteiger partial charge in [-0.05, 0) is 29.9 Å². The van der Waals surface area contributed by atoms with E-state index < -0.39 is 0 Å². The molecule has 0 saturated heterocycles. The molecule has 0 radical (unpaired) electrons. The number of fused-ring (bicyclic) bond motifs is 1. The summed E-state index contributed by atoms with van der Waals surface area (Å²) in [4.78, 5) is 0. The van der Waals surface area contributed by atoms with Gasteiger partial charge in [0.2, 0.25) is 0 Å². The number of hydrogen-bond donors (Lipinski definition) is 0. The Morgan fingerprint density at radius 3 is 1.44 bits per heavy atom. The van der Waals surface area contributed by atoms with Crippen LogP contribution in [0.2, 0.25) is 0 Å². The van der Waals surface area contributed by atoms with Crippen LogP contribution in [0, 0.1) is 5.92 Å². The van der Waals surface area contributed by atoms with Crippen LogP contribution in [0.4, 0.5) is 0 Å². The molecule has 0 saturated carbocycles. The van der Waals surface area contributed by atoms with E-state index in [1.54, 1.807) is 11.1 Å². The first-order chi connectivity index (χ1) is 5.86. The van der Waals surface area contributed by atoms with Gasteiger partial charge in [-0.2, -0.15) is 0 Å². The van der Waals surface area contributed by atoms with Gasteiger partial charge in [0.1, 0.15) is 0 Å². The predicted molar refractivity (Wildman–Crippen MR) is 54.4 cm³/mol. The van der Waals surface area contributed by atoms with Crippen LogP contribution in [0.1, 0.15) is 31.9 Å². The summed E-state index contributed by atoms with van der Waals surface area (Å²) in [5.41, 5.74) is 3.13. The maximum atomic E-state index is 2.32. The third-order valence-corrected chi connectivity index (χ3v) is 2.26. The van der Waals surface area contributed by atoms with E-state index in [1.165, 1.54) is 12.8 Å². The molecule has 0 spiro atoms. The molecule has 0 bridgehead atoms. The first-order valence-corrected chi connectivity index (χ1v) is 4.93. The average molecular weight is 898 g/mol. The van der Waals surface area contributed by atoms with E-state index in [0.717, 1.165) is 5.92 Å². The van der Waals surface area contributed by atoms with E-state index in [0.29, 0.717) is 0 Å². The standard InChI is InChI=1S/C10H12.C2H6.4W/c1-8-6-9-4-2-3-5-10(9)7-8;1-2;;;;/h2-5,8H,6-7H2,1H3;1-2H3;;;;. The maximum Gasteiger partial charge on any atom is 0 e. The normalized spacial score (nSPS) is 11.2. The molecule has 1 aromatic carbocycles. The van der Waals surface area contributed by atoms with Crippen molar-refractivity contribution in [3.8, 4) is 0 Å². The molecule has 0 heterocycles. The molecule has 16 heavy (non-hydrogen) atoms. The summed E-state index contributed by atoms with van der Waals surface area (Å²) in [6.07, 6.45) is 2.58. The maximum absolute atomic E-state index is 2.32. The van der Waals surface area contributed by atoms with Crippen molar-refractivity contribution in [1.29, 1.82) is 0 Å². The van der Waals surface area contributed by atoms with Gasteiger partial charge in [0.15, 0.2) is 0 Å². The van der Waals surface area contributed by atoms with Crippen LogP contribution in [0.25, 0.3) is 0 Å². The van der Waals surface area contributed by atoms with Gasteiger partial charge in [0, 0.05) is 84.3 Å². The number of rotatable bonds is 0. The first kappa shape index (κ1) is 26.5. The minimum Gasteiger partial charge on any atom is -0.0683 e. The van der Waals surface area contributed by atoms with Gasteiger partial charge in [-0.3, -0.25) is 0 Å². The van der Waals surface area contributed by atoms with Gasteiger partial charge in [-0.15, -0.1) is 0 Å². The van der Waals surface area contributed by atoms with Crippen molar-refractivity contribution >= 4 is 0 Å². The van der Waals surface area contributed by atoms with Crippen LogP contribution in [-0.4, -0.2) is 0 Å². The summed E-state index contributed by atoms with van der Waals surface area (Å²) >= 11 is 0. The van der Waals surface area contributed by atoms with Crippen LogP contribution in [0.15, 0.2) is 24.3 Å². The summed E-state index contributed by atoms with van der Waals surface area (Å²) in [5, 5.41) is 0. The molecule has 0 unspecified atom stereocenters. The van der Waals surface area contributed by atoms with Gasteiger partial charge in [-0.1, -0.05) is 45.0 Å². The van der Waals surface area contributed by atoms with Gasteiger partial charge in [0.25, 0.3) is 0 Å². The Kier molecular flexibility index (Phi) is 24.9. The average Bonchev–Trinajstić information content (AvgIpc) is 2.48. The summed E-state index contributed by atoms with van der Waals surface area (Å²) in [7, 11) is 0. The van der Waals surface area contributed by atoms with Crippen molar-refractivity contribution in [2.24, 2.45) is 5.92 Å². The molecule has 2 rings (SSSR count). The van der Waals surface area contributed by atoms with Crippen LogP contribution >= 0.6 is 0 Å². The molecule has 4 heteroatoms. The van der Waals surface area contributed by atoms with Crippen LogP contribution in [-0.2, 0) is 97.1 Å². The summed E-state index contributed by atoms with van der Waals surface area (Å²) in [6.45, 7) is 6.32. The van der Waals surface area contributed by atoms with Crippen molar-refractivity contribution in [3.05, 3.63) is 35.4 Å².